The van der Waals surface area contributed by atoms with Crippen molar-refractivity contribution >= 4 is 24.2 Å². The molecule has 0 aromatic carbocycles. The van der Waals surface area contributed by atoms with Crippen LogP contribution in [0.1, 0.15) is 52.4 Å². The van der Waals surface area contributed by atoms with Crippen molar-refractivity contribution < 1.29 is 9.59 Å². The first kappa shape index (κ1) is 21.2. The van der Waals surface area contributed by atoms with Gasteiger partial charge in [-0.2, -0.15) is 0 Å². The Bertz CT molecular complexity index is 327. The summed E-state index contributed by atoms with van der Waals surface area (Å²) in [5, 5.41) is 6.13. The number of amides is 2. The number of likely N-dealkylation sites (tertiary alicyclic amines) is 1. The molecule has 6 heteroatoms. The average Bonchev–Trinajstić information content (AvgIpc) is 2.49. The van der Waals surface area contributed by atoms with Crippen molar-refractivity contribution in [2.24, 2.45) is 5.92 Å². The first-order chi connectivity index (χ1) is 10.1. The maximum absolute atomic E-state index is 12.3. The molecule has 1 saturated heterocycles. The highest BCUT2D eigenvalue weighted by molar-refractivity contribution is 5.85. The van der Waals surface area contributed by atoms with Gasteiger partial charge in [0.25, 0.3) is 0 Å². The summed E-state index contributed by atoms with van der Waals surface area (Å²) in [4.78, 5) is 26.1. The number of hydrogen-bond acceptors (Lipinski definition) is 3. The maximum Gasteiger partial charge on any atom is 0.225 e. The van der Waals surface area contributed by atoms with Gasteiger partial charge in [-0.3, -0.25) is 9.59 Å². The van der Waals surface area contributed by atoms with E-state index in [1.54, 1.807) is 0 Å². The summed E-state index contributed by atoms with van der Waals surface area (Å²) < 4.78 is 0. The van der Waals surface area contributed by atoms with Gasteiger partial charge >= 0.3 is 0 Å². The Balaban J connectivity index is 0.00000441. The Morgan fingerprint density at radius 2 is 1.77 bits per heavy atom. The Morgan fingerprint density at radius 3 is 2.27 bits per heavy atom. The molecule has 1 aliphatic heterocycles. The molecule has 0 aliphatic carbocycles. The molecular formula is C16H32ClN3O2. The largest absolute Gasteiger partial charge is 0.353 e. The third-order valence-electron chi connectivity index (χ3n) is 4.34. The predicted molar refractivity (Wildman–Crippen MR) is 92.2 cm³/mol. The molecule has 0 aromatic rings. The lowest BCUT2D eigenvalue weighted by atomic mass is 9.98. The van der Waals surface area contributed by atoms with Crippen molar-refractivity contribution in [1.82, 2.24) is 15.5 Å². The fraction of sp³-hybridized carbons (Fsp3) is 0.875. The second-order valence-corrected chi connectivity index (χ2v) is 5.89. The van der Waals surface area contributed by atoms with Gasteiger partial charge in [0.15, 0.2) is 0 Å². The molecule has 0 bridgehead atoms. The summed E-state index contributed by atoms with van der Waals surface area (Å²) >= 11 is 0. The van der Waals surface area contributed by atoms with Crippen LogP contribution in [-0.2, 0) is 9.59 Å². The zero-order valence-corrected chi connectivity index (χ0v) is 15.0. The summed E-state index contributed by atoms with van der Waals surface area (Å²) in [7, 11) is 1.89. The van der Waals surface area contributed by atoms with E-state index in [4.69, 9.17) is 0 Å². The van der Waals surface area contributed by atoms with Crippen LogP contribution in [0.25, 0.3) is 0 Å². The van der Waals surface area contributed by atoms with Crippen molar-refractivity contribution in [3.63, 3.8) is 0 Å². The van der Waals surface area contributed by atoms with Gasteiger partial charge < -0.3 is 15.5 Å². The SMILES string of the molecule is CCC(CC)C(=O)N1CCC(NC(=O)CCCNC)CC1.Cl. The van der Waals surface area contributed by atoms with Crippen molar-refractivity contribution in [3.05, 3.63) is 0 Å². The number of piperidine rings is 1. The lowest BCUT2D eigenvalue weighted by Gasteiger charge is -2.34. The number of carbonyl (C=O) groups is 2. The Kier molecular flexibility index (Phi) is 11.3. The number of rotatable bonds is 8. The van der Waals surface area contributed by atoms with Gasteiger partial charge in [0.2, 0.25) is 11.8 Å². The second kappa shape index (κ2) is 11.7. The molecule has 2 amide bonds. The zero-order valence-electron chi connectivity index (χ0n) is 14.2. The van der Waals surface area contributed by atoms with E-state index in [1.165, 1.54) is 0 Å². The fourth-order valence-electron chi connectivity index (χ4n) is 2.87. The van der Waals surface area contributed by atoms with Crippen molar-refractivity contribution in [3.8, 4) is 0 Å². The number of nitrogens with one attached hydrogen (secondary N) is 2. The molecule has 0 atom stereocenters. The Morgan fingerprint density at radius 1 is 1.18 bits per heavy atom. The van der Waals surface area contributed by atoms with Gasteiger partial charge in [0.05, 0.1) is 0 Å². The van der Waals surface area contributed by atoms with Crippen LogP contribution in [0.15, 0.2) is 0 Å². The molecule has 0 unspecified atom stereocenters. The second-order valence-electron chi connectivity index (χ2n) is 5.89. The third-order valence-corrected chi connectivity index (χ3v) is 4.34. The molecule has 1 heterocycles. The number of halogens is 1. The number of hydrogen-bond donors (Lipinski definition) is 2. The monoisotopic (exact) mass is 333 g/mol. The molecule has 2 N–H and O–H groups in total. The van der Waals surface area contributed by atoms with E-state index < -0.39 is 0 Å². The van der Waals surface area contributed by atoms with Crippen LogP contribution in [0.3, 0.4) is 0 Å². The minimum atomic E-state index is 0. The standard InChI is InChI=1S/C16H31N3O2.ClH/c1-4-13(5-2)16(21)19-11-8-14(9-12-19)18-15(20)7-6-10-17-3;/h13-14,17H,4-12H2,1-3H3,(H,18,20);1H. The molecule has 1 fully saturated rings. The quantitative estimate of drug-likeness (QED) is 0.667. The zero-order chi connectivity index (χ0) is 15.7. The first-order valence-corrected chi connectivity index (χ1v) is 8.35. The van der Waals surface area contributed by atoms with Gasteiger partial charge in [0, 0.05) is 31.5 Å². The number of carbonyl (C=O) groups excluding carboxylic acids is 2. The summed E-state index contributed by atoms with van der Waals surface area (Å²) in [6, 6.07) is 0.234. The van der Waals surface area contributed by atoms with Crippen LogP contribution < -0.4 is 10.6 Å². The highest BCUT2D eigenvalue weighted by Crippen LogP contribution is 2.17. The van der Waals surface area contributed by atoms with Crippen LogP contribution in [-0.4, -0.2) is 49.4 Å². The highest BCUT2D eigenvalue weighted by Gasteiger charge is 2.26. The van der Waals surface area contributed by atoms with Gasteiger partial charge in [-0.25, -0.2) is 0 Å². The summed E-state index contributed by atoms with van der Waals surface area (Å²) in [5.41, 5.74) is 0. The lowest BCUT2D eigenvalue weighted by molar-refractivity contribution is -0.137. The summed E-state index contributed by atoms with van der Waals surface area (Å²) in [5.74, 6) is 0.589. The van der Waals surface area contributed by atoms with Gasteiger partial charge in [-0.15, -0.1) is 12.4 Å². The van der Waals surface area contributed by atoms with Crippen LogP contribution in [0.2, 0.25) is 0 Å². The first-order valence-electron chi connectivity index (χ1n) is 8.35. The van der Waals surface area contributed by atoms with E-state index in [0.717, 1.165) is 51.7 Å². The minimum Gasteiger partial charge on any atom is -0.353 e. The van der Waals surface area contributed by atoms with Crippen molar-refractivity contribution in [2.45, 2.75) is 58.4 Å². The average molecular weight is 334 g/mol. The van der Waals surface area contributed by atoms with Crippen molar-refractivity contribution in [2.75, 3.05) is 26.7 Å². The van der Waals surface area contributed by atoms with E-state index in [2.05, 4.69) is 24.5 Å². The topological polar surface area (TPSA) is 61.4 Å². The summed E-state index contributed by atoms with van der Waals surface area (Å²) in [6.07, 6.45) is 5.03. The molecule has 22 heavy (non-hydrogen) atoms. The van der Waals surface area contributed by atoms with Crippen LogP contribution in [0.5, 0.6) is 0 Å². The minimum absolute atomic E-state index is 0. The third kappa shape index (κ3) is 6.97. The van der Waals surface area contributed by atoms with Crippen molar-refractivity contribution in [1.29, 1.82) is 0 Å². The van der Waals surface area contributed by atoms with E-state index in [0.29, 0.717) is 12.3 Å². The van der Waals surface area contributed by atoms with Crippen LogP contribution in [0, 0.1) is 5.92 Å². The highest BCUT2D eigenvalue weighted by atomic mass is 35.5. The van der Waals surface area contributed by atoms with Crippen LogP contribution in [0.4, 0.5) is 0 Å². The summed E-state index contributed by atoms with van der Waals surface area (Å²) in [6.45, 7) is 6.57. The van der Waals surface area contributed by atoms with Gasteiger partial charge in [0.1, 0.15) is 0 Å². The van der Waals surface area contributed by atoms with Gasteiger partial charge in [-0.1, -0.05) is 13.8 Å². The molecule has 0 aromatic heterocycles. The van der Waals surface area contributed by atoms with E-state index in [1.807, 2.05) is 11.9 Å². The van der Waals surface area contributed by atoms with E-state index in [-0.39, 0.29) is 30.3 Å². The molecule has 1 rings (SSSR count). The maximum atomic E-state index is 12.3. The predicted octanol–water partition coefficient (Wildman–Crippen LogP) is 1.95. The molecule has 0 radical (unpaired) electrons. The Labute approximate surface area is 141 Å². The molecule has 0 spiro atoms. The van der Waals surface area contributed by atoms with Gasteiger partial charge in [-0.05, 0) is 45.7 Å². The molecular weight excluding hydrogens is 302 g/mol. The smallest absolute Gasteiger partial charge is 0.225 e. The molecule has 5 nitrogen and oxygen atoms in total. The number of nitrogens with zero attached hydrogens (tertiary/aromatic N) is 1. The molecule has 0 saturated carbocycles. The normalized spacial score (nSPS) is 15.5. The van der Waals surface area contributed by atoms with E-state index >= 15 is 0 Å². The fourth-order valence-corrected chi connectivity index (χ4v) is 2.87. The van der Waals surface area contributed by atoms with Crippen LogP contribution >= 0.6 is 12.4 Å². The van der Waals surface area contributed by atoms with E-state index in [9.17, 15) is 9.59 Å². The molecule has 130 valence electrons. The molecule has 1 aliphatic rings. The Hall–Kier alpha value is -0.810. The lowest BCUT2D eigenvalue weighted by Crippen LogP contribution is -2.48.